The molecule has 8 heteroatoms. The molecule has 1 aromatic rings. The quantitative estimate of drug-likeness (QED) is 0.859. The molecule has 124 valence electrons. The van der Waals surface area contributed by atoms with Crippen molar-refractivity contribution in [3.8, 4) is 0 Å². The zero-order valence-corrected chi connectivity index (χ0v) is 13.5. The Bertz CT molecular complexity index is 628. The second-order valence-corrected chi connectivity index (χ2v) is 7.78. The molecule has 2 N–H and O–H groups in total. The Morgan fingerprint density at radius 2 is 1.77 bits per heavy atom. The highest BCUT2D eigenvalue weighted by molar-refractivity contribution is 7.91. The molecule has 1 aromatic carbocycles. The van der Waals surface area contributed by atoms with E-state index in [0.29, 0.717) is 13.1 Å². The average molecular weight is 334 g/mol. The number of nitrogens with zero attached hydrogens (tertiary/aromatic N) is 1. The number of carbonyl (C=O) groups is 1. The summed E-state index contributed by atoms with van der Waals surface area (Å²) >= 11 is 0. The van der Waals surface area contributed by atoms with Gasteiger partial charge in [0.1, 0.15) is 0 Å². The van der Waals surface area contributed by atoms with E-state index in [1.807, 2.05) is 13.8 Å². The molecule has 0 spiro atoms. The molecule has 0 aliphatic rings. The number of halogens is 2. The van der Waals surface area contributed by atoms with Crippen LogP contribution in [0.25, 0.3) is 0 Å². The van der Waals surface area contributed by atoms with Gasteiger partial charge in [0.2, 0.25) is 9.84 Å². The van der Waals surface area contributed by atoms with E-state index in [4.69, 9.17) is 5.73 Å². The molecular formula is C14H20F2N2O3S. The van der Waals surface area contributed by atoms with Crippen LogP contribution in [-0.2, 0) is 9.84 Å². The molecule has 0 aliphatic heterocycles. The van der Waals surface area contributed by atoms with E-state index >= 15 is 0 Å². The number of hydrogen-bond acceptors (Lipinski definition) is 4. The smallest absolute Gasteiger partial charge is 0.341 e. The van der Waals surface area contributed by atoms with Crippen LogP contribution < -0.4 is 5.73 Å². The van der Waals surface area contributed by atoms with Crippen molar-refractivity contribution < 1.29 is 22.0 Å². The highest BCUT2D eigenvalue weighted by Gasteiger charge is 2.27. The fourth-order valence-corrected chi connectivity index (χ4v) is 2.61. The second-order valence-electron chi connectivity index (χ2n) is 5.86. The maximum atomic E-state index is 12.4. The van der Waals surface area contributed by atoms with Crippen LogP contribution in [0.1, 0.15) is 24.2 Å². The van der Waals surface area contributed by atoms with Crippen molar-refractivity contribution in [2.75, 3.05) is 20.1 Å². The molecule has 1 rings (SSSR count). The Kier molecular flexibility index (Phi) is 5.64. The molecule has 5 nitrogen and oxygen atoms in total. The van der Waals surface area contributed by atoms with Gasteiger partial charge in [0.15, 0.2) is 0 Å². The van der Waals surface area contributed by atoms with Crippen LogP contribution in [0.4, 0.5) is 8.78 Å². The van der Waals surface area contributed by atoms with E-state index < -0.39 is 20.5 Å². The highest BCUT2D eigenvalue weighted by Crippen LogP contribution is 2.20. The van der Waals surface area contributed by atoms with Crippen LogP contribution in [0.2, 0.25) is 0 Å². The van der Waals surface area contributed by atoms with Crippen LogP contribution in [-0.4, -0.2) is 45.1 Å². The predicted molar refractivity (Wildman–Crippen MR) is 79.4 cm³/mol. The maximum Gasteiger partial charge on any atom is 0.341 e. The van der Waals surface area contributed by atoms with Crippen LogP contribution in [0.3, 0.4) is 0 Å². The van der Waals surface area contributed by atoms with Gasteiger partial charge < -0.3 is 10.6 Å². The van der Waals surface area contributed by atoms with Gasteiger partial charge in [-0.15, -0.1) is 0 Å². The van der Waals surface area contributed by atoms with Gasteiger partial charge >= 0.3 is 5.76 Å². The van der Waals surface area contributed by atoms with Gasteiger partial charge in [-0.2, -0.15) is 8.78 Å². The Labute approximate surface area is 129 Å². The molecule has 0 saturated heterocycles. The lowest BCUT2D eigenvalue weighted by molar-refractivity contribution is 0.0740. The Morgan fingerprint density at radius 1 is 1.27 bits per heavy atom. The number of alkyl halides is 2. The molecule has 1 amide bonds. The molecule has 0 saturated carbocycles. The molecule has 0 fully saturated rings. The summed E-state index contributed by atoms with van der Waals surface area (Å²) in [5.74, 6) is -3.82. The fraction of sp³-hybridized carbons (Fsp3) is 0.500. The number of nitrogens with two attached hydrogens (primary N) is 1. The number of hydrogen-bond donors (Lipinski definition) is 1. The molecule has 0 heterocycles. The van der Waals surface area contributed by atoms with Gasteiger partial charge in [-0.05, 0) is 36.2 Å². The third-order valence-corrected chi connectivity index (χ3v) is 4.63. The van der Waals surface area contributed by atoms with Crippen LogP contribution in [0, 0.1) is 5.41 Å². The van der Waals surface area contributed by atoms with Crippen molar-refractivity contribution in [1.82, 2.24) is 4.90 Å². The highest BCUT2D eigenvalue weighted by atomic mass is 32.2. The largest absolute Gasteiger partial charge is 0.341 e. The van der Waals surface area contributed by atoms with Crippen molar-refractivity contribution in [3.05, 3.63) is 29.8 Å². The maximum absolute atomic E-state index is 12.4. The molecule has 0 aliphatic carbocycles. The first-order chi connectivity index (χ1) is 10.0. The van der Waals surface area contributed by atoms with Crippen molar-refractivity contribution in [1.29, 1.82) is 0 Å². The van der Waals surface area contributed by atoms with E-state index in [0.717, 1.165) is 12.1 Å². The Balaban J connectivity index is 2.94. The summed E-state index contributed by atoms with van der Waals surface area (Å²) in [5, 5.41) is 0. The lowest BCUT2D eigenvalue weighted by Gasteiger charge is -2.29. The van der Waals surface area contributed by atoms with E-state index in [2.05, 4.69) is 0 Å². The standard InChI is InChI=1S/C14H20F2N2O3S/c1-14(2,8-17)9-18(3)12(19)10-4-6-11(7-5-10)22(20,21)13(15)16/h4-7,13H,8-9,17H2,1-3H3. The Hall–Kier alpha value is -1.54. The molecular weight excluding hydrogens is 314 g/mol. The first-order valence-electron chi connectivity index (χ1n) is 6.59. The molecule has 0 radical (unpaired) electrons. The second kappa shape index (κ2) is 6.70. The van der Waals surface area contributed by atoms with Gasteiger partial charge in [0.25, 0.3) is 5.91 Å². The van der Waals surface area contributed by atoms with Gasteiger partial charge in [-0.25, -0.2) is 8.42 Å². The third-order valence-electron chi connectivity index (χ3n) is 3.23. The predicted octanol–water partition coefficient (Wildman–Crippen LogP) is 1.74. The molecule has 0 unspecified atom stereocenters. The lowest BCUT2D eigenvalue weighted by atomic mass is 9.93. The van der Waals surface area contributed by atoms with E-state index in [-0.39, 0.29) is 16.9 Å². The Morgan fingerprint density at radius 3 is 2.18 bits per heavy atom. The summed E-state index contributed by atoms with van der Waals surface area (Å²) in [7, 11) is -3.05. The van der Waals surface area contributed by atoms with Crippen molar-refractivity contribution in [3.63, 3.8) is 0 Å². The monoisotopic (exact) mass is 334 g/mol. The topological polar surface area (TPSA) is 80.5 Å². The van der Waals surface area contributed by atoms with Crippen molar-refractivity contribution >= 4 is 15.7 Å². The van der Waals surface area contributed by atoms with Crippen molar-refractivity contribution in [2.24, 2.45) is 11.1 Å². The van der Waals surface area contributed by atoms with E-state index in [1.54, 1.807) is 7.05 Å². The zero-order valence-electron chi connectivity index (χ0n) is 12.7. The van der Waals surface area contributed by atoms with Crippen LogP contribution in [0.5, 0.6) is 0 Å². The number of rotatable bonds is 6. The zero-order chi connectivity index (χ0) is 17.1. The first kappa shape index (κ1) is 18.5. The molecule has 0 atom stereocenters. The summed E-state index contributed by atoms with van der Waals surface area (Å²) in [6, 6.07) is 4.47. The van der Waals surface area contributed by atoms with Gasteiger partial charge in [-0.3, -0.25) is 4.79 Å². The van der Waals surface area contributed by atoms with Crippen LogP contribution >= 0.6 is 0 Å². The van der Waals surface area contributed by atoms with E-state index in [1.165, 1.54) is 17.0 Å². The first-order valence-corrected chi connectivity index (χ1v) is 8.13. The van der Waals surface area contributed by atoms with Gasteiger partial charge in [0, 0.05) is 19.2 Å². The molecule has 22 heavy (non-hydrogen) atoms. The summed E-state index contributed by atoms with van der Waals surface area (Å²) in [5.41, 5.74) is 5.58. The van der Waals surface area contributed by atoms with E-state index in [9.17, 15) is 22.0 Å². The summed E-state index contributed by atoms with van der Waals surface area (Å²) in [4.78, 5) is 13.2. The minimum Gasteiger partial charge on any atom is -0.341 e. The fourth-order valence-electron chi connectivity index (χ4n) is 1.89. The summed E-state index contributed by atoms with van der Waals surface area (Å²) in [6.45, 7) is 4.64. The minimum absolute atomic E-state index is 0.225. The molecule has 0 aromatic heterocycles. The normalized spacial score (nSPS) is 12.5. The van der Waals surface area contributed by atoms with Gasteiger partial charge in [0.05, 0.1) is 4.90 Å². The number of carbonyl (C=O) groups excluding carboxylic acids is 1. The third kappa shape index (κ3) is 4.23. The molecule has 0 bridgehead atoms. The number of benzene rings is 1. The minimum atomic E-state index is -4.65. The number of amides is 1. The van der Waals surface area contributed by atoms with Crippen molar-refractivity contribution in [2.45, 2.75) is 24.5 Å². The average Bonchev–Trinajstić information content (AvgIpc) is 2.46. The number of sulfone groups is 1. The SMILES string of the molecule is CN(CC(C)(C)CN)C(=O)c1ccc(S(=O)(=O)C(F)F)cc1. The van der Waals surface area contributed by atoms with Gasteiger partial charge in [-0.1, -0.05) is 13.8 Å². The summed E-state index contributed by atoms with van der Waals surface area (Å²) in [6.07, 6.45) is 0. The lowest BCUT2D eigenvalue weighted by Crippen LogP contribution is -2.39. The summed E-state index contributed by atoms with van der Waals surface area (Å²) < 4.78 is 47.5. The van der Waals surface area contributed by atoms with Crippen LogP contribution in [0.15, 0.2) is 29.2 Å².